The van der Waals surface area contributed by atoms with Crippen LogP contribution in [0.5, 0.6) is 0 Å². The van der Waals surface area contributed by atoms with Crippen molar-refractivity contribution in [2.75, 3.05) is 13.1 Å². The Morgan fingerprint density at radius 2 is 1.80 bits per heavy atom. The molecule has 0 radical (unpaired) electrons. The van der Waals surface area contributed by atoms with Crippen LogP contribution in [-0.2, 0) is 4.79 Å². The van der Waals surface area contributed by atoms with Gasteiger partial charge >= 0.3 is 0 Å². The number of hydrogen-bond acceptors (Lipinski definition) is 4. The molecule has 2 aliphatic rings. The molecule has 0 spiro atoms. The number of carbonyl (C=O) groups is 1. The number of likely N-dealkylation sites (tertiary alicyclic amines) is 1. The van der Waals surface area contributed by atoms with E-state index < -0.39 is 17.6 Å². The molecule has 0 aromatic rings. The second-order valence-electron chi connectivity index (χ2n) is 4.29. The monoisotopic (exact) mass is 230 g/mol. The first-order valence-corrected chi connectivity index (χ1v) is 5.33. The Kier molecular flexibility index (Phi) is 2.44. The van der Waals surface area contributed by atoms with Gasteiger partial charge in [0, 0.05) is 13.1 Å². The zero-order valence-electron chi connectivity index (χ0n) is 8.22. The third-order valence-corrected chi connectivity index (χ3v) is 3.57. The topological polar surface area (TPSA) is 86.8 Å². The van der Waals surface area contributed by atoms with Crippen molar-refractivity contribution < 1.29 is 15.0 Å². The van der Waals surface area contributed by atoms with E-state index in [0.29, 0.717) is 12.8 Å². The fourth-order valence-electron chi connectivity index (χ4n) is 1.93. The largest absolute Gasteiger partial charge is 0.392 e. The van der Waals surface area contributed by atoms with Gasteiger partial charge in [-0.3, -0.25) is 4.79 Å². The lowest BCUT2D eigenvalue weighted by Gasteiger charge is -2.21. The van der Waals surface area contributed by atoms with Gasteiger partial charge in [-0.1, -0.05) is 12.2 Å². The SMILES string of the molecule is NC(=S)C1(C(=O)N2CC(O)C(O)C2)CC1. The molecule has 84 valence electrons. The minimum atomic E-state index is -0.851. The summed E-state index contributed by atoms with van der Waals surface area (Å²) in [5, 5.41) is 18.7. The van der Waals surface area contributed by atoms with Gasteiger partial charge in [-0.25, -0.2) is 0 Å². The molecule has 15 heavy (non-hydrogen) atoms. The van der Waals surface area contributed by atoms with Crippen LogP contribution in [0.15, 0.2) is 0 Å². The fourth-order valence-corrected chi connectivity index (χ4v) is 2.22. The van der Waals surface area contributed by atoms with E-state index >= 15 is 0 Å². The lowest BCUT2D eigenvalue weighted by molar-refractivity contribution is -0.133. The molecule has 1 saturated carbocycles. The van der Waals surface area contributed by atoms with Gasteiger partial charge < -0.3 is 20.8 Å². The summed E-state index contributed by atoms with van der Waals surface area (Å²) < 4.78 is 0. The maximum atomic E-state index is 12.0. The van der Waals surface area contributed by atoms with Crippen LogP contribution in [0.25, 0.3) is 0 Å². The number of aliphatic hydroxyl groups is 2. The smallest absolute Gasteiger partial charge is 0.235 e. The fraction of sp³-hybridized carbons (Fsp3) is 0.778. The van der Waals surface area contributed by atoms with E-state index in [1.54, 1.807) is 0 Å². The minimum absolute atomic E-state index is 0.148. The number of carbonyl (C=O) groups excluding carboxylic acids is 1. The van der Waals surface area contributed by atoms with E-state index in [4.69, 9.17) is 18.0 Å². The van der Waals surface area contributed by atoms with Crippen molar-refractivity contribution in [1.29, 1.82) is 0 Å². The molecular formula is C9H14N2O3S. The van der Waals surface area contributed by atoms with E-state index in [0.717, 1.165) is 0 Å². The highest BCUT2D eigenvalue weighted by Gasteiger charge is 2.55. The number of β-amino-alcohol motifs (C(OH)–C–C–N with tert-alkyl or cyclic N) is 2. The molecular weight excluding hydrogens is 216 g/mol. The van der Waals surface area contributed by atoms with Crippen molar-refractivity contribution >= 4 is 23.1 Å². The number of amides is 1. The summed E-state index contributed by atoms with van der Waals surface area (Å²) in [6, 6.07) is 0. The van der Waals surface area contributed by atoms with E-state index in [1.165, 1.54) is 4.90 Å². The maximum absolute atomic E-state index is 12.0. The van der Waals surface area contributed by atoms with Crippen LogP contribution in [0.1, 0.15) is 12.8 Å². The van der Waals surface area contributed by atoms with E-state index in [1.807, 2.05) is 0 Å². The molecule has 1 aliphatic heterocycles. The van der Waals surface area contributed by atoms with Gasteiger partial charge in [0.25, 0.3) is 0 Å². The number of rotatable bonds is 2. The lowest BCUT2D eigenvalue weighted by Crippen LogP contribution is -2.42. The van der Waals surface area contributed by atoms with Crippen molar-refractivity contribution in [3.63, 3.8) is 0 Å². The molecule has 1 aliphatic carbocycles. The van der Waals surface area contributed by atoms with Crippen LogP contribution < -0.4 is 5.73 Å². The van der Waals surface area contributed by atoms with Gasteiger partial charge in [0.15, 0.2) is 0 Å². The van der Waals surface area contributed by atoms with Crippen molar-refractivity contribution in [3.8, 4) is 0 Å². The highest BCUT2D eigenvalue weighted by Crippen LogP contribution is 2.47. The van der Waals surface area contributed by atoms with Crippen LogP contribution in [0.4, 0.5) is 0 Å². The van der Waals surface area contributed by atoms with Crippen LogP contribution in [0.2, 0.25) is 0 Å². The number of nitrogens with zero attached hydrogens (tertiary/aromatic N) is 1. The molecule has 0 aromatic heterocycles. The molecule has 2 unspecified atom stereocenters. The number of nitrogens with two attached hydrogens (primary N) is 1. The van der Waals surface area contributed by atoms with Gasteiger partial charge in [-0.15, -0.1) is 0 Å². The van der Waals surface area contributed by atoms with Gasteiger partial charge in [-0.05, 0) is 12.8 Å². The van der Waals surface area contributed by atoms with E-state index in [2.05, 4.69) is 0 Å². The second-order valence-corrected chi connectivity index (χ2v) is 4.73. The Morgan fingerprint density at radius 3 is 2.13 bits per heavy atom. The first-order valence-electron chi connectivity index (χ1n) is 4.93. The summed E-state index contributed by atoms with van der Waals surface area (Å²) in [7, 11) is 0. The zero-order chi connectivity index (χ0) is 11.2. The Balaban J connectivity index is 2.07. The van der Waals surface area contributed by atoms with Gasteiger partial charge in [-0.2, -0.15) is 0 Å². The highest BCUT2D eigenvalue weighted by molar-refractivity contribution is 7.80. The van der Waals surface area contributed by atoms with E-state index in [9.17, 15) is 15.0 Å². The summed E-state index contributed by atoms with van der Waals surface area (Å²) in [5.74, 6) is -0.148. The average molecular weight is 230 g/mol. The van der Waals surface area contributed by atoms with Crippen molar-refractivity contribution in [2.45, 2.75) is 25.0 Å². The summed E-state index contributed by atoms with van der Waals surface area (Å²) in [6.07, 6.45) is -0.333. The van der Waals surface area contributed by atoms with Gasteiger partial charge in [0.1, 0.15) is 0 Å². The molecule has 2 fully saturated rings. The molecule has 2 rings (SSSR count). The summed E-state index contributed by atoms with van der Waals surface area (Å²) >= 11 is 4.87. The van der Waals surface area contributed by atoms with Crippen LogP contribution in [0, 0.1) is 5.41 Å². The number of hydrogen-bond donors (Lipinski definition) is 3. The maximum Gasteiger partial charge on any atom is 0.235 e. The van der Waals surface area contributed by atoms with Crippen LogP contribution in [0.3, 0.4) is 0 Å². The predicted molar refractivity (Wildman–Crippen MR) is 57.0 cm³/mol. The minimum Gasteiger partial charge on any atom is -0.392 e. The average Bonchev–Trinajstić information content (AvgIpc) is 2.90. The molecule has 2 atom stereocenters. The summed E-state index contributed by atoms with van der Waals surface area (Å²) in [5.41, 5.74) is 4.85. The molecule has 1 amide bonds. The number of aliphatic hydroxyl groups excluding tert-OH is 2. The molecule has 1 heterocycles. The quantitative estimate of drug-likeness (QED) is 0.509. The Bertz CT molecular complexity index is 306. The molecule has 0 aromatic carbocycles. The second kappa shape index (κ2) is 3.40. The van der Waals surface area contributed by atoms with Gasteiger partial charge in [0.05, 0.1) is 22.6 Å². The summed E-state index contributed by atoms with van der Waals surface area (Å²) in [4.78, 5) is 13.7. The molecule has 0 bridgehead atoms. The predicted octanol–water partition coefficient (Wildman–Crippen LogP) is -1.38. The Hall–Kier alpha value is -0.720. The Labute approximate surface area is 92.9 Å². The lowest BCUT2D eigenvalue weighted by atomic mass is 10.1. The third kappa shape index (κ3) is 1.62. The van der Waals surface area contributed by atoms with Crippen LogP contribution in [-0.4, -0.2) is 51.3 Å². The standard InChI is InChI=1S/C9H14N2O3S/c10-7(15)9(1-2-9)8(14)11-3-5(12)6(13)4-11/h5-6,12-13H,1-4H2,(H2,10,15). The van der Waals surface area contributed by atoms with Crippen molar-refractivity contribution in [2.24, 2.45) is 11.1 Å². The molecule has 5 nitrogen and oxygen atoms in total. The van der Waals surface area contributed by atoms with Gasteiger partial charge in [0.2, 0.25) is 5.91 Å². The normalized spacial score (nSPS) is 32.8. The highest BCUT2D eigenvalue weighted by atomic mass is 32.1. The zero-order valence-corrected chi connectivity index (χ0v) is 9.04. The van der Waals surface area contributed by atoms with Crippen LogP contribution >= 0.6 is 12.2 Å². The van der Waals surface area contributed by atoms with Crippen molar-refractivity contribution in [3.05, 3.63) is 0 Å². The molecule has 1 saturated heterocycles. The number of thiocarbonyl (C=S) groups is 1. The molecule has 4 N–H and O–H groups in total. The van der Waals surface area contributed by atoms with E-state index in [-0.39, 0.29) is 24.0 Å². The first-order chi connectivity index (χ1) is 6.97. The molecule has 6 heteroatoms. The third-order valence-electron chi connectivity index (χ3n) is 3.18. The first kappa shape index (κ1) is 10.8. The summed E-state index contributed by atoms with van der Waals surface area (Å²) in [6.45, 7) is 0.342. The van der Waals surface area contributed by atoms with Crippen molar-refractivity contribution in [1.82, 2.24) is 4.90 Å². The Morgan fingerprint density at radius 1 is 1.33 bits per heavy atom.